The fourth-order valence-electron chi connectivity index (χ4n) is 3.34. The summed E-state index contributed by atoms with van der Waals surface area (Å²) < 4.78 is 7.70. The molecule has 1 unspecified atom stereocenters. The number of imidazole rings is 1. The number of carbonyl (C=O) groups excluding carboxylic acids is 1. The molecule has 5 nitrogen and oxygen atoms in total. The highest BCUT2D eigenvalue weighted by molar-refractivity contribution is 6.08. The maximum atomic E-state index is 12.5. The van der Waals surface area contributed by atoms with E-state index >= 15 is 0 Å². The fraction of sp³-hybridized carbons (Fsp3) is 0.167. The van der Waals surface area contributed by atoms with E-state index in [4.69, 9.17) is 4.74 Å². The Bertz CT molecular complexity index is 1120. The average molecular weight is 386 g/mol. The van der Waals surface area contributed by atoms with E-state index in [1.165, 1.54) is 0 Å². The predicted octanol–water partition coefficient (Wildman–Crippen LogP) is 4.02. The second-order valence-corrected chi connectivity index (χ2v) is 6.94. The minimum atomic E-state index is -0.683. The first-order valence-electron chi connectivity index (χ1n) is 9.54. The van der Waals surface area contributed by atoms with Crippen molar-refractivity contribution in [2.75, 3.05) is 6.61 Å². The topological polar surface area (TPSA) is 64.3 Å². The van der Waals surface area contributed by atoms with Gasteiger partial charge in [0.1, 0.15) is 24.3 Å². The Morgan fingerprint density at radius 2 is 1.62 bits per heavy atom. The molecule has 1 heterocycles. The summed E-state index contributed by atoms with van der Waals surface area (Å²) in [4.78, 5) is 17.0. The summed E-state index contributed by atoms with van der Waals surface area (Å²) in [5, 5.41) is 10.4. The fourth-order valence-corrected chi connectivity index (χ4v) is 3.34. The van der Waals surface area contributed by atoms with Crippen LogP contribution in [0.5, 0.6) is 5.75 Å². The first kappa shape index (κ1) is 18.9. The maximum absolute atomic E-state index is 12.5. The van der Waals surface area contributed by atoms with Crippen molar-refractivity contribution in [3.05, 3.63) is 95.8 Å². The number of ketones is 1. The summed E-state index contributed by atoms with van der Waals surface area (Å²) in [5.41, 5.74) is 3.16. The van der Waals surface area contributed by atoms with Crippen LogP contribution < -0.4 is 4.74 Å². The molecule has 1 aromatic heterocycles. The summed E-state index contributed by atoms with van der Waals surface area (Å²) >= 11 is 0. The minimum absolute atomic E-state index is 0.0281. The number of aliphatic hydroxyl groups excluding tert-OH is 1. The van der Waals surface area contributed by atoms with Gasteiger partial charge in [0.05, 0.1) is 17.6 Å². The molecule has 4 aromatic rings. The Morgan fingerprint density at radius 1 is 0.966 bits per heavy atom. The number of hydrogen-bond acceptors (Lipinski definition) is 4. The molecule has 1 N–H and O–H groups in total. The van der Waals surface area contributed by atoms with Gasteiger partial charge in [-0.15, -0.1) is 0 Å². The molecule has 0 saturated carbocycles. The molecule has 0 radical (unpaired) electrons. The van der Waals surface area contributed by atoms with Crippen molar-refractivity contribution in [3.63, 3.8) is 0 Å². The van der Waals surface area contributed by atoms with Gasteiger partial charge < -0.3 is 14.4 Å². The van der Waals surface area contributed by atoms with E-state index in [9.17, 15) is 9.90 Å². The molecule has 0 aliphatic carbocycles. The summed E-state index contributed by atoms with van der Waals surface area (Å²) in [6.45, 7) is 2.48. The van der Waals surface area contributed by atoms with Crippen molar-refractivity contribution in [2.45, 2.75) is 19.6 Å². The van der Waals surface area contributed by atoms with E-state index < -0.39 is 6.10 Å². The zero-order valence-electron chi connectivity index (χ0n) is 16.2. The molecule has 5 heteroatoms. The Morgan fingerprint density at radius 3 is 2.38 bits per heavy atom. The van der Waals surface area contributed by atoms with Gasteiger partial charge in [-0.3, -0.25) is 4.79 Å². The minimum Gasteiger partial charge on any atom is -0.491 e. The van der Waals surface area contributed by atoms with Crippen LogP contribution in [0.3, 0.4) is 0 Å². The molecule has 0 spiro atoms. The summed E-state index contributed by atoms with van der Waals surface area (Å²) in [5.74, 6) is 1.44. The first-order chi connectivity index (χ1) is 14.1. The quantitative estimate of drug-likeness (QED) is 0.487. The number of aliphatic hydroxyl groups is 1. The van der Waals surface area contributed by atoms with Crippen LogP contribution >= 0.6 is 0 Å². The third-order valence-corrected chi connectivity index (χ3v) is 4.83. The van der Waals surface area contributed by atoms with Crippen molar-refractivity contribution in [2.24, 2.45) is 0 Å². The van der Waals surface area contributed by atoms with Gasteiger partial charge in [0.25, 0.3) is 0 Å². The van der Waals surface area contributed by atoms with Crippen molar-refractivity contribution in [3.8, 4) is 5.75 Å². The summed E-state index contributed by atoms with van der Waals surface area (Å²) in [7, 11) is 0. The molecular formula is C24H22N2O3. The van der Waals surface area contributed by atoms with Gasteiger partial charge >= 0.3 is 0 Å². The Kier molecular flexibility index (Phi) is 5.40. The number of fused-ring (bicyclic) bond motifs is 1. The van der Waals surface area contributed by atoms with Gasteiger partial charge in [-0.25, -0.2) is 4.98 Å². The van der Waals surface area contributed by atoms with Crippen LogP contribution in [-0.2, 0) is 6.54 Å². The molecule has 0 aliphatic rings. The van der Waals surface area contributed by atoms with Crippen LogP contribution in [0.4, 0.5) is 0 Å². The van der Waals surface area contributed by atoms with Crippen LogP contribution in [0, 0.1) is 6.92 Å². The van der Waals surface area contributed by atoms with Crippen LogP contribution in [0.1, 0.15) is 21.7 Å². The largest absolute Gasteiger partial charge is 0.491 e. The Hall–Kier alpha value is -3.44. The van der Waals surface area contributed by atoms with Crippen LogP contribution in [0.25, 0.3) is 11.0 Å². The number of aryl methyl sites for hydroxylation is 1. The highest BCUT2D eigenvalue weighted by Crippen LogP contribution is 2.18. The number of nitrogens with zero attached hydrogens (tertiary/aromatic N) is 2. The zero-order chi connectivity index (χ0) is 20.2. The van der Waals surface area contributed by atoms with E-state index in [0.29, 0.717) is 23.4 Å². The van der Waals surface area contributed by atoms with Crippen molar-refractivity contribution >= 4 is 16.8 Å². The standard InChI is InChI=1S/C24H22N2O3/c1-17-25-22-9-5-6-10-23(22)26(17)15-20(27)16-29-21-13-11-19(12-14-21)24(28)18-7-3-2-4-8-18/h2-14,20,27H,15-16H2,1H3. The van der Waals surface area contributed by atoms with Gasteiger partial charge in [-0.1, -0.05) is 42.5 Å². The van der Waals surface area contributed by atoms with Gasteiger partial charge in [0, 0.05) is 11.1 Å². The monoisotopic (exact) mass is 386 g/mol. The van der Waals surface area contributed by atoms with Gasteiger partial charge in [-0.2, -0.15) is 0 Å². The van der Waals surface area contributed by atoms with Crippen molar-refractivity contribution < 1.29 is 14.6 Å². The molecule has 1 atom stereocenters. The van der Waals surface area contributed by atoms with Crippen LogP contribution in [-0.4, -0.2) is 33.2 Å². The molecule has 29 heavy (non-hydrogen) atoms. The zero-order valence-corrected chi connectivity index (χ0v) is 16.2. The molecule has 146 valence electrons. The molecule has 0 bridgehead atoms. The molecular weight excluding hydrogens is 364 g/mol. The lowest BCUT2D eigenvalue weighted by molar-refractivity contribution is 0.0928. The third-order valence-electron chi connectivity index (χ3n) is 4.83. The van der Waals surface area contributed by atoms with E-state index in [-0.39, 0.29) is 12.4 Å². The smallest absolute Gasteiger partial charge is 0.193 e. The van der Waals surface area contributed by atoms with Gasteiger partial charge in [0.15, 0.2) is 5.78 Å². The third kappa shape index (κ3) is 4.20. The Balaban J connectivity index is 1.37. The predicted molar refractivity (Wildman–Crippen MR) is 112 cm³/mol. The molecule has 0 aliphatic heterocycles. The molecule has 0 amide bonds. The van der Waals surface area contributed by atoms with Crippen molar-refractivity contribution in [1.29, 1.82) is 0 Å². The second kappa shape index (κ2) is 8.29. The average Bonchev–Trinajstić information content (AvgIpc) is 3.08. The highest BCUT2D eigenvalue weighted by atomic mass is 16.5. The van der Waals surface area contributed by atoms with E-state index in [1.807, 2.05) is 54.0 Å². The number of rotatable bonds is 7. The van der Waals surface area contributed by atoms with Crippen LogP contribution in [0.2, 0.25) is 0 Å². The van der Waals surface area contributed by atoms with Gasteiger partial charge in [0.2, 0.25) is 0 Å². The molecule has 4 rings (SSSR count). The number of hydrogen-bond donors (Lipinski definition) is 1. The molecule has 3 aromatic carbocycles. The normalized spacial score (nSPS) is 12.1. The number of para-hydroxylation sites is 2. The van der Waals surface area contributed by atoms with Crippen LogP contribution in [0.15, 0.2) is 78.9 Å². The van der Waals surface area contributed by atoms with E-state index in [1.54, 1.807) is 36.4 Å². The van der Waals surface area contributed by atoms with E-state index in [2.05, 4.69) is 4.98 Å². The van der Waals surface area contributed by atoms with Crippen molar-refractivity contribution in [1.82, 2.24) is 9.55 Å². The Labute approximate surface area is 169 Å². The summed E-state index contributed by atoms with van der Waals surface area (Å²) in [6.07, 6.45) is -0.683. The lowest BCUT2D eigenvalue weighted by atomic mass is 10.0. The van der Waals surface area contributed by atoms with Gasteiger partial charge in [-0.05, 0) is 43.3 Å². The second-order valence-electron chi connectivity index (χ2n) is 6.94. The first-order valence-corrected chi connectivity index (χ1v) is 9.54. The maximum Gasteiger partial charge on any atom is 0.193 e. The summed E-state index contributed by atoms with van der Waals surface area (Å²) in [6, 6.07) is 24.0. The molecule has 0 saturated heterocycles. The molecule has 0 fully saturated rings. The lowest BCUT2D eigenvalue weighted by Crippen LogP contribution is -2.24. The van der Waals surface area contributed by atoms with E-state index in [0.717, 1.165) is 16.9 Å². The number of carbonyl (C=O) groups is 1. The number of ether oxygens (including phenoxy) is 1. The number of aromatic nitrogens is 2. The number of benzene rings is 3. The lowest BCUT2D eigenvalue weighted by Gasteiger charge is -2.15. The SMILES string of the molecule is Cc1nc2ccccc2n1CC(O)COc1ccc(C(=O)c2ccccc2)cc1. The highest BCUT2D eigenvalue weighted by Gasteiger charge is 2.13.